The van der Waals surface area contributed by atoms with Crippen molar-refractivity contribution in [3.63, 3.8) is 0 Å². The van der Waals surface area contributed by atoms with Crippen LogP contribution in [0.1, 0.15) is 17.2 Å². The van der Waals surface area contributed by atoms with Crippen LogP contribution in [0, 0.1) is 0 Å². The average Bonchev–Trinajstić information content (AvgIpc) is 2.37. The highest BCUT2D eigenvalue weighted by atomic mass is 35.5. The molecule has 2 rings (SSSR count). The molecule has 0 aliphatic heterocycles. The van der Waals surface area contributed by atoms with Crippen molar-refractivity contribution in [2.75, 3.05) is 5.73 Å². The van der Waals surface area contributed by atoms with E-state index < -0.39 is 0 Å². The predicted molar refractivity (Wildman–Crippen MR) is 81.5 cm³/mol. The van der Waals surface area contributed by atoms with E-state index >= 15 is 0 Å². The van der Waals surface area contributed by atoms with E-state index in [2.05, 4.69) is 5.43 Å². The van der Waals surface area contributed by atoms with Gasteiger partial charge in [-0.2, -0.15) is 0 Å². The summed E-state index contributed by atoms with van der Waals surface area (Å²) in [5, 5.41) is 1.53. The van der Waals surface area contributed by atoms with Crippen molar-refractivity contribution < 1.29 is 0 Å². The van der Waals surface area contributed by atoms with Crippen molar-refractivity contribution in [2.24, 2.45) is 5.84 Å². The Balaban J connectivity index is 2.46. The van der Waals surface area contributed by atoms with E-state index in [1.165, 1.54) is 0 Å². The van der Waals surface area contributed by atoms with Crippen molar-refractivity contribution in [3.05, 3.63) is 62.6 Å². The zero-order valence-electron chi connectivity index (χ0n) is 9.83. The number of nitrogens with two attached hydrogens (primary N) is 2. The first kappa shape index (κ1) is 14.4. The zero-order chi connectivity index (χ0) is 14.0. The lowest BCUT2D eigenvalue weighted by molar-refractivity contribution is 0.638. The lowest BCUT2D eigenvalue weighted by Gasteiger charge is -2.19. The van der Waals surface area contributed by atoms with E-state index in [9.17, 15) is 0 Å². The number of hydrazine groups is 1. The van der Waals surface area contributed by atoms with Crippen molar-refractivity contribution in [1.29, 1.82) is 0 Å². The molecule has 0 amide bonds. The van der Waals surface area contributed by atoms with Gasteiger partial charge >= 0.3 is 0 Å². The summed E-state index contributed by atoms with van der Waals surface area (Å²) in [4.78, 5) is 0. The van der Waals surface area contributed by atoms with Crippen LogP contribution in [0.3, 0.4) is 0 Å². The number of benzene rings is 2. The summed E-state index contributed by atoms with van der Waals surface area (Å²) in [6.07, 6.45) is 0. The Bertz CT molecular complexity index is 602. The van der Waals surface area contributed by atoms with E-state index in [4.69, 9.17) is 46.4 Å². The Morgan fingerprint density at radius 3 is 2.26 bits per heavy atom. The van der Waals surface area contributed by atoms with Crippen LogP contribution in [0.15, 0.2) is 36.4 Å². The minimum atomic E-state index is -0.285. The van der Waals surface area contributed by atoms with Crippen LogP contribution < -0.4 is 17.0 Å². The van der Waals surface area contributed by atoms with Crippen LogP contribution in [0.2, 0.25) is 15.1 Å². The second-order valence-corrected chi connectivity index (χ2v) is 5.30. The zero-order valence-corrected chi connectivity index (χ0v) is 12.1. The molecule has 2 aromatic carbocycles. The van der Waals surface area contributed by atoms with E-state index in [1.807, 2.05) is 12.1 Å². The van der Waals surface area contributed by atoms with Crippen LogP contribution in [0.25, 0.3) is 0 Å². The number of nitrogen functional groups attached to an aromatic ring is 1. The van der Waals surface area contributed by atoms with Crippen LogP contribution in [0.5, 0.6) is 0 Å². The Labute approximate surface area is 126 Å². The molecule has 2 aromatic rings. The molecule has 1 unspecified atom stereocenters. The van der Waals surface area contributed by atoms with Crippen LogP contribution in [-0.4, -0.2) is 0 Å². The molecule has 0 saturated heterocycles. The normalized spacial score (nSPS) is 12.4. The third-order valence-corrected chi connectivity index (χ3v) is 3.78. The molecule has 3 nitrogen and oxygen atoms in total. The van der Waals surface area contributed by atoms with E-state index in [-0.39, 0.29) is 6.04 Å². The summed E-state index contributed by atoms with van der Waals surface area (Å²) < 4.78 is 0. The molecule has 0 fully saturated rings. The van der Waals surface area contributed by atoms with Gasteiger partial charge in [0.1, 0.15) is 0 Å². The summed E-state index contributed by atoms with van der Waals surface area (Å²) in [6.45, 7) is 0. The minimum absolute atomic E-state index is 0.285. The van der Waals surface area contributed by atoms with Gasteiger partial charge in [0.25, 0.3) is 0 Å². The molecule has 1 atom stereocenters. The van der Waals surface area contributed by atoms with E-state index in [1.54, 1.807) is 24.3 Å². The third kappa shape index (κ3) is 3.14. The van der Waals surface area contributed by atoms with Gasteiger partial charge in [-0.1, -0.05) is 46.9 Å². The molecule has 0 bridgehead atoms. The standard InChI is InChI=1S/C13H12Cl3N3/c14-8-2-3-9(12(17)6-8)13(19-18)7-1-4-10(15)11(16)5-7/h1-6,13,19H,17-18H2. The van der Waals surface area contributed by atoms with E-state index in [0.717, 1.165) is 11.1 Å². The second-order valence-electron chi connectivity index (χ2n) is 4.05. The number of anilines is 1. The number of rotatable bonds is 3. The molecule has 0 aliphatic carbocycles. The monoisotopic (exact) mass is 315 g/mol. The molecule has 19 heavy (non-hydrogen) atoms. The van der Waals surface area contributed by atoms with Crippen molar-refractivity contribution in [3.8, 4) is 0 Å². The van der Waals surface area contributed by atoms with Gasteiger partial charge in [0, 0.05) is 10.7 Å². The van der Waals surface area contributed by atoms with Gasteiger partial charge in [-0.15, -0.1) is 0 Å². The van der Waals surface area contributed by atoms with Crippen molar-refractivity contribution in [2.45, 2.75) is 6.04 Å². The number of hydrogen-bond donors (Lipinski definition) is 3. The first-order valence-electron chi connectivity index (χ1n) is 5.49. The largest absolute Gasteiger partial charge is 0.398 e. The number of nitrogens with one attached hydrogen (secondary N) is 1. The minimum Gasteiger partial charge on any atom is -0.398 e. The summed E-state index contributed by atoms with van der Waals surface area (Å²) in [6, 6.07) is 10.3. The fraction of sp³-hybridized carbons (Fsp3) is 0.0769. The highest BCUT2D eigenvalue weighted by Gasteiger charge is 2.16. The molecule has 6 heteroatoms. The van der Waals surface area contributed by atoms with Gasteiger partial charge in [-0.05, 0) is 35.4 Å². The molecule has 0 saturated carbocycles. The fourth-order valence-corrected chi connectivity index (χ4v) is 2.35. The highest BCUT2D eigenvalue weighted by Crippen LogP contribution is 2.31. The van der Waals surface area contributed by atoms with Crippen molar-refractivity contribution >= 4 is 40.5 Å². The molecule has 0 spiro atoms. The fourth-order valence-electron chi connectivity index (χ4n) is 1.87. The van der Waals surface area contributed by atoms with Crippen LogP contribution >= 0.6 is 34.8 Å². The summed E-state index contributed by atoms with van der Waals surface area (Å²) in [5.41, 5.74) is 10.9. The molecule has 5 N–H and O–H groups in total. The summed E-state index contributed by atoms with van der Waals surface area (Å²) >= 11 is 17.8. The van der Waals surface area contributed by atoms with Gasteiger partial charge in [-0.3, -0.25) is 5.84 Å². The maximum absolute atomic E-state index is 6.01. The van der Waals surface area contributed by atoms with Crippen LogP contribution in [0.4, 0.5) is 5.69 Å². The molecule has 0 heterocycles. The third-order valence-electron chi connectivity index (χ3n) is 2.80. The smallest absolute Gasteiger partial charge is 0.0730 e. The molecular weight excluding hydrogens is 305 g/mol. The number of halogens is 3. The average molecular weight is 317 g/mol. The van der Waals surface area contributed by atoms with Gasteiger partial charge in [0.15, 0.2) is 0 Å². The predicted octanol–water partition coefficient (Wildman–Crippen LogP) is 3.78. The Morgan fingerprint density at radius 1 is 0.947 bits per heavy atom. The Morgan fingerprint density at radius 2 is 1.68 bits per heavy atom. The lowest BCUT2D eigenvalue weighted by atomic mass is 9.98. The highest BCUT2D eigenvalue weighted by molar-refractivity contribution is 6.42. The molecular formula is C13H12Cl3N3. The molecule has 0 aliphatic rings. The SMILES string of the molecule is NNC(c1ccc(Cl)c(Cl)c1)c1ccc(Cl)cc1N. The Kier molecular flexibility index (Phi) is 4.55. The van der Waals surface area contributed by atoms with Crippen LogP contribution in [-0.2, 0) is 0 Å². The second kappa shape index (κ2) is 5.99. The van der Waals surface area contributed by atoms with Gasteiger partial charge in [-0.25, -0.2) is 5.43 Å². The first-order valence-corrected chi connectivity index (χ1v) is 6.62. The van der Waals surface area contributed by atoms with E-state index in [0.29, 0.717) is 20.8 Å². The van der Waals surface area contributed by atoms with Crippen molar-refractivity contribution in [1.82, 2.24) is 5.43 Å². The Hall–Kier alpha value is -0.970. The maximum atomic E-state index is 6.01. The molecule has 100 valence electrons. The molecule has 0 radical (unpaired) electrons. The molecule has 0 aromatic heterocycles. The quantitative estimate of drug-likeness (QED) is 0.459. The summed E-state index contributed by atoms with van der Waals surface area (Å²) in [5.74, 6) is 5.62. The number of hydrogen-bond acceptors (Lipinski definition) is 3. The maximum Gasteiger partial charge on any atom is 0.0730 e. The topological polar surface area (TPSA) is 64.1 Å². The lowest BCUT2D eigenvalue weighted by Crippen LogP contribution is -2.29. The van der Waals surface area contributed by atoms with Gasteiger partial charge in [0.2, 0.25) is 0 Å². The van der Waals surface area contributed by atoms with Gasteiger partial charge in [0.05, 0.1) is 16.1 Å². The first-order chi connectivity index (χ1) is 9.02. The van der Waals surface area contributed by atoms with Gasteiger partial charge < -0.3 is 5.73 Å². The summed E-state index contributed by atoms with van der Waals surface area (Å²) in [7, 11) is 0.